The molecule has 170 valence electrons. The number of carbonyl (C=O) groups is 2. The number of benzene rings is 2. The molecule has 0 N–H and O–H groups in total. The second-order valence-corrected chi connectivity index (χ2v) is 9.48. The van der Waals surface area contributed by atoms with E-state index < -0.39 is 0 Å². The molecule has 1 atom stereocenters. The number of piperidine rings is 1. The van der Waals surface area contributed by atoms with Crippen LogP contribution in [0, 0.1) is 19.8 Å². The Balaban J connectivity index is 1.42. The highest BCUT2D eigenvalue weighted by Crippen LogP contribution is 2.27. The summed E-state index contributed by atoms with van der Waals surface area (Å²) >= 11 is 0. The third-order valence-corrected chi connectivity index (χ3v) is 6.75. The molecule has 5 heteroatoms. The second-order valence-electron chi connectivity index (χ2n) is 9.48. The fourth-order valence-corrected chi connectivity index (χ4v) is 5.20. The molecule has 0 spiro atoms. The van der Waals surface area contributed by atoms with Gasteiger partial charge >= 0.3 is 0 Å². The van der Waals surface area contributed by atoms with Crippen LogP contribution >= 0.6 is 0 Å². The third kappa shape index (κ3) is 4.98. The van der Waals surface area contributed by atoms with Crippen molar-refractivity contribution in [3.63, 3.8) is 0 Å². The largest absolute Gasteiger partial charge is 0.371 e. The van der Waals surface area contributed by atoms with Crippen LogP contribution in [0.1, 0.15) is 52.7 Å². The molecule has 2 aromatic rings. The Kier molecular flexibility index (Phi) is 6.83. The Bertz CT molecular complexity index is 960. The Morgan fingerprint density at radius 2 is 1.66 bits per heavy atom. The van der Waals surface area contributed by atoms with Crippen LogP contribution in [-0.2, 0) is 11.3 Å². The monoisotopic (exact) mass is 433 g/mol. The number of aryl methyl sites for hydroxylation is 2. The molecule has 5 nitrogen and oxygen atoms in total. The van der Waals surface area contributed by atoms with Gasteiger partial charge in [0.15, 0.2) is 0 Å². The summed E-state index contributed by atoms with van der Waals surface area (Å²) < 4.78 is 0. The van der Waals surface area contributed by atoms with Gasteiger partial charge in [-0.05, 0) is 63.3 Å². The van der Waals surface area contributed by atoms with Crippen molar-refractivity contribution in [2.45, 2.75) is 46.1 Å². The van der Waals surface area contributed by atoms with Crippen molar-refractivity contribution in [1.29, 1.82) is 0 Å². The Labute approximate surface area is 192 Å². The summed E-state index contributed by atoms with van der Waals surface area (Å²) in [4.78, 5) is 32.6. The summed E-state index contributed by atoms with van der Waals surface area (Å²) in [5, 5.41) is 0. The van der Waals surface area contributed by atoms with Gasteiger partial charge in [-0.3, -0.25) is 9.59 Å². The SMILES string of the molecule is Cc1cc(C)cc(C(=O)N2CCCC(C(=O)N(C)Cc3ccccc3N3CCCC3)C2)c1. The van der Waals surface area contributed by atoms with Crippen LogP contribution in [0.3, 0.4) is 0 Å². The molecule has 0 radical (unpaired) electrons. The van der Waals surface area contributed by atoms with Gasteiger partial charge in [-0.15, -0.1) is 0 Å². The van der Waals surface area contributed by atoms with Crippen LogP contribution in [0.25, 0.3) is 0 Å². The third-order valence-electron chi connectivity index (χ3n) is 6.75. The summed E-state index contributed by atoms with van der Waals surface area (Å²) in [6, 6.07) is 14.4. The minimum Gasteiger partial charge on any atom is -0.371 e. The number of hydrogen-bond acceptors (Lipinski definition) is 3. The van der Waals surface area contributed by atoms with Gasteiger partial charge < -0.3 is 14.7 Å². The average molecular weight is 434 g/mol. The molecule has 2 aliphatic rings. The smallest absolute Gasteiger partial charge is 0.253 e. The summed E-state index contributed by atoms with van der Waals surface area (Å²) in [6.07, 6.45) is 4.17. The summed E-state index contributed by atoms with van der Waals surface area (Å²) in [5.74, 6) is 0.0398. The first-order valence-corrected chi connectivity index (χ1v) is 11.9. The number of nitrogens with zero attached hydrogens (tertiary/aromatic N) is 3. The molecule has 4 rings (SSSR count). The van der Waals surface area contributed by atoms with Crippen LogP contribution in [0.15, 0.2) is 42.5 Å². The number of anilines is 1. The first-order chi connectivity index (χ1) is 15.4. The van der Waals surface area contributed by atoms with Crippen molar-refractivity contribution in [3.8, 4) is 0 Å². The molecule has 0 aliphatic carbocycles. The maximum atomic E-state index is 13.3. The lowest BCUT2D eigenvalue weighted by Gasteiger charge is -2.34. The number of hydrogen-bond donors (Lipinski definition) is 0. The highest BCUT2D eigenvalue weighted by Gasteiger charge is 2.31. The molecule has 32 heavy (non-hydrogen) atoms. The zero-order valence-corrected chi connectivity index (χ0v) is 19.6. The topological polar surface area (TPSA) is 43.9 Å². The van der Waals surface area contributed by atoms with E-state index in [0.29, 0.717) is 13.1 Å². The fraction of sp³-hybridized carbons (Fsp3) is 0.481. The van der Waals surface area contributed by atoms with Crippen molar-refractivity contribution >= 4 is 17.5 Å². The average Bonchev–Trinajstić information content (AvgIpc) is 3.32. The van der Waals surface area contributed by atoms with Gasteiger partial charge in [0.2, 0.25) is 5.91 Å². The van der Waals surface area contributed by atoms with E-state index in [1.54, 1.807) is 0 Å². The maximum absolute atomic E-state index is 13.3. The van der Waals surface area contributed by atoms with Gasteiger partial charge in [-0.2, -0.15) is 0 Å². The van der Waals surface area contributed by atoms with Crippen LogP contribution in [0.5, 0.6) is 0 Å². The first-order valence-electron chi connectivity index (χ1n) is 11.9. The van der Waals surface area contributed by atoms with Crippen molar-refractivity contribution in [2.75, 3.05) is 38.1 Å². The van der Waals surface area contributed by atoms with E-state index in [1.165, 1.54) is 24.1 Å². The molecule has 2 aromatic carbocycles. The van der Waals surface area contributed by atoms with Gasteiger partial charge in [0.05, 0.1) is 5.92 Å². The number of amides is 2. The maximum Gasteiger partial charge on any atom is 0.253 e. The van der Waals surface area contributed by atoms with Gasteiger partial charge in [0.25, 0.3) is 5.91 Å². The van der Waals surface area contributed by atoms with Crippen molar-refractivity contribution in [1.82, 2.24) is 9.80 Å². The van der Waals surface area contributed by atoms with Crippen LogP contribution in [-0.4, -0.2) is 54.8 Å². The van der Waals surface area contributed by atoms with Crippen molar-refractivity contribution < 1.29 is 9.59 Å². The molecular weight excluding hydrogens is 398 g/mol. The number of likely N-dealkylation sites (tertiary alicyclic amines) is 1. The molecule has 2 saturated heterocycles. The molecule has 0 aromatic heterocycles. The van der Waals surface area contributed by atoms with Crippen molar-refractivity contribution in [2.24, 2.45) is 5.92 Å². The number of carbonyl (C=O) groups excluding carboxylic acids is 2. The lowest BCUT2D eigenvalue weighted by molar-refractivity contribution is -0.136. The molecule has 2 heterocycles. The van der Waals surface area contributed by atoms with E-state index in [1.807, 2.05) is 42.8 Å². The van der Waals surface area contributed by atoms with E-state index in [2.05, 4.69) is 35.2 Å². The molecule has 1 unspecified atom stereocenters. The minimum absolute atomic E-state index is 0.0383. The molecular formula is C27H35N3O2. The predicted octanol–water partition coefficient (Wildman–Crippen LogP) is 4.41. The normalized spacial score (nSPS) is 18.7. The lowest BCUT2D eigenvalue weighted by Crippen LogP contribution is -2.45. The lowest BCUT2D eigenvalue weighted by atomic mass is 9.95. The van der Waals surface area contributed by atoms with E-state index in [4.69, 9.17) is 0 Å². The fourth-order valence-electron chi connectivity index (χ4n) is 5.20. The Morgan fingerprint density at radius 1 is 0.969 bits per heavy atom. The molecule has 0 saturated carbocycles. The van der Waals surface area contributed by atoms with E-state index >= 15 is 0 Å². The highest BCUT2D eigenvalue weighted by atomic mass is 16.2. The van der Waals surface area contributed by atoms with Gasteiger partial charge in [-0.25, -0.2) is 0 Å². The summed E-state index contributed by atoms with van der Waals surface area (Å²) in [7, 11) is 1.90. The summed E-state index contributed by atoms with van der Waals surface area (Å²) in [5.41, 5.74) is 5.36. The van der Waals surface area contributed by atoms with Gasteiger partial charge in [0, 0.05) is 51.0 Å². The minimum atomic E-state index is -0.137. The highest BCUT2D eigenvalue weighted by molar-refractivity contribution is 5.95. The number of rotatable bonds is 5. The van der Waals surface area contributed by atoms with Crippen LogP contribution in [0.4, 0.5) is 5.69 Å². The Morgan fingerprint density at radius 3 is 2.38 bits per heavy atom. The van der Waals surface area contributed by atoms with Gasteiger partial charge in [-0.1, -0.05) is 35.4 Å². The molecule has 2 amide bonds. The van der Waals surface area contributed by atoms with E-state index in [0.717, 1.165) is 49.2 Å². The quantitative estimate of drug-likeness (QED) is 0.701. The van der Waals surface area contributed by atoms with E-state index in [9.17, 15) is 9.59 Å². The molecule has 0 bridgehead atoms. The zero-order chi connectivity index (χ0) is 22.7. The summed E-state index contributed by atoms with van der Waals surface area (Å²) in [6.45, 7) is 8.04. The van der Waals surface area contributed by atoms with E-state index in [-0.39, 0.29) is 17.7 Å². The zero-order valence-electron chi connectivity index (χ0n) is 19.6. The van der Waals surface area contributed by atoms with Crippen molar-refractivity contribution in [3.05, 3.63) is 64.7 Å². The first kappa shape index (κ1) is 22.4. The van der Waals surface area contributed by atoms with Gasteiger partial charge in [0.1, 0.15) is 0 Å². The number of para-hydroxylation sites is 1. The van der Waals surface area contributed by atoms with Crippen LogP contribution in [0.2, 0.25) is 0 Å². The Hall–Kier alpha value is -2.82. The predicted molar refractivity (Wildman–Crippen MR) is 129 cm³/mol. The molecule has 2 aliphatic heterocycles. The second kappa shape index (κ2) is 9.76. The van der Waals surface area contributed by atoms with Crippen LogP contribution < -0.4 is 4.90 Å². The molecule has 2 fully saturated rings. The standard InChI is InChI=1S/C27H35N3O2/c1-20-15-21(2)17-24(16-20)27(32)30-14-8-10-23(19-30)26(31)28(3)18-22-9-4-5-11-25(22)29-12-6-7-13-29/h4-5,9,11,15-17,23H,6-8,10,12-14,18-19H2,1-3H3.